The van der Waals surface area contributed by atoms with E-state index in [0.29, 0.717) is 30.1 Å². The Labute approximate surface area is 180 Å². The van der Waals surface area contributed by atoms with Crippen molar-refractivity contribution in [1.82, 2.24) is 30.0 Å². The maximum Gasteiger partial charge on any atom is 0.255 e. The van der Waals surface area contributed by atoms with Crippen LogP contribution in [0.3, 0.4) is 0 Å². The van der Waals surface area contributed by atoms with Gasteiger partial charge in [-0.2, -0.15) is 5.10 Å². The second-order valence-corrected chi connectivity index (χ2v) is 8.49. The van der Waals surface area contributed by atoms with E-state index in [-0.39, 0.29) is 17.7 Å². The van der Waals surface area contributed by atoms with E-state index in [1.165, 1.54) is 0 Å². The second kappa shape index (κ2) is 7.76. The van der Waals surface area contributed by atoms with Crippen LogP contribution in [0, 0.1) is 0 Å². The van der Waals surface area contributed by atoms with E-state index in [2.05, 4.69) is 10.3 Å². The number of aromatic nitrogens is 4. The predicted octanol–water partition coefficient (Wildman–Crippen LogP) is 2.62. The highest BCUT2D eigenvalue weighted by Crippen LogP contribution is 2.41. The molecular weight excluding hydrogens is 392 g/mol. The average Bonchev–Trinajstić information content (AvgIpc) is 3.62. The summed E-state index contributed by atoms with van der Waals surface area (Å²) in [4.78, 5) is 36.6. The van der Waals surface area contributed by atoms with Crippen molar-refractivity contribution >= 4 is 22.8 Å². The monoisotopic (exact) mass is 418 g/mol. The van der Waals surface area contributed by atoms with Gasteiger partial charge in [-0.3, -0.25) is 19.3 Å². The first-order chi connectivity index (χ1) is 15.1. The number of carbonyl (C=O) groups excluding carboxylic acids is 2. The molecule has 160 valence electrons. The van der Waals surface area contributed by atoms with Crippen LogP contribution < -0.4 is 5.32 Å². The van der Waals surface area contributed by atoms with Crippen molar-refractivity contribution in [3.8, 4) is 0 Å². The molecule has 0 radical (unpaired) electrons. The van der Waals surface area contributed by atoms with Crippen LogP contribution in [0.5, 0.6) is 0 Å². The normalized spacial score (nSPS) is 18.9. The standard InChI is InChI=1S/C23H26N6O2/c1-24-22(30)17-11-18(14-7-8-14)26-21-19(17)20(27-28(21)2)16-6-4-10-29(13-16)23(31)15-5-3-9-25-12-15/h3,5,9,11-12,14,16H,4,6-8,10,13H2,1-2H3,(H,24,30). The van der Waals surface area contributed by atoms with Crippen molar-refractivity contribution in [3.05, 3.63) is 53.1 Å². The molecule has 3 aromatic heterocycles. The lowest BCUT2D eigenvalue weighted by Gasteiger charge is -2.32. The third kappa shape index (κ3) is 3.56. The Bertz CT molecular complexity index is 1150. The largest absolute Gasteiger partial charge is 0.355 e. The summed E-state index contributed by atoms with van der Waals surface area (Å²) in [5.41, 5.74) is 3.80. The Morgan fingerprint density at radius 3 is 2.74 bits per heavy atom. The lowest BCUT2D eigenvalue weighted by molar-refractivity contribution is 0.0705. The fourth-order valence-electron chi connectivity index (χ4n) is 4.54. The molecule has 2 amide bonds. The summed E-state index contributed by atoms with van der Waals surface area (Å²) in [5, 5.41) is 8.39. The molecule has 1 saturated carbocycles. The van der Waals surface area contributed by atoms with Crippen LogP contribution in [0.1, 0.15) is 69.6 Å². The lowest BCUT2D eigenvalue weighted by Crippen LogP contribution is -2.39. The summed E-state index contributed by atoms with van der Waals surface area (Å²) in [5.74, 6) is 0.352. The van der Waals surface area contributed by atoms with Crippen LogP contribution in [0.25, 0.3) is 11.0 Å². The van der Waals surface area contributed by atoms with Crippen LogP contribution >= 0.6 is 0 Å². The van der Waals surface area contributed by atoms with Crippen LogP contribution in [-0.2, 0) is 7.05 Å². The molecule has 8 nitrogen and oxygen atoms in total. The molecule has 0 bridgehead atoms. The maximum atomic E-state index is 13.0. The highest BCUT2D eigenvalue weighted by Gasteiger charge is 2.33. The SMILES string of the molecule is CNC(=O)c1cc(C2CC2)nc2c1c(C1CCCN(C(=O)c3cccnc3)C1)nn2C. The number of likely N-dealkylation sites (tertiary alicyclic amines) is 1. The third-order valence-corrected chi connectivity index (χ3v) is 6.31. The summed E-state index contributed by atoms with van der Waals surface area (Å²) in [7, 11) is 3.53. The molecule has 5 rings (SSSR count). The van der Waals surface area contributed by atoms with Crippen LogP contribution in [0.2, 0.25) is 0 Å². The zero-order valence-electron chi connectivity index (χ0n) is 17.8. The van der Waals surface area contributed by atoms with Crippen LogP contribution in [0.4, 0.5) is 0 Å². The number of nitrogens with zero attached hydrogens (tertiary/aromatic N) is 5. The minimum absolute atomic E-state index is 0.0151. The Morgan fingerprint density at radius 2 is 2.03 bits per heavy atom. The number of pyridine rings is 2. The molecule has 1 N–H and O–H groups in total. The fraction of sp³-hybridized carbons (Fsp3) is 0.435. The van der Waals surface area contributed by atoms with Crippen LogP contribution in [0.15, 0.2) is 30.6 Å². The number of rotatable bonds is 4. The predicted molar refractivity (Wildman–Crippen MR) is 116 cm³/mol. The molecule has 1 aliphatic heterocycles. The molecule has 31 heavy (non-hydrogen) atoms. The van der Waals surface area contributed by atoms with E-state index >= 15 is 0 Å². The smallest absolute Gasteiger partial charge is 0.255 e. The highest BCUT2D eigenvalue weighted by atomic mass is 16.2. The first-order valence-corrected chi connectivity index (χ1v) is 10.9. The highest BCUT2D eigenvalue weighted by molar-refractivity contribution is 6.06. The molecule has 2 fully saturated rings. The number of hydrogen-bond acceptors (Lipinski definition) is 5. The zero-order valence-corrected chi connectivity index (χ0v) is 17.8. The van der Waals surface area contributed by atoms with Gasteiger partial charge >= 0.3 is 0 Å². The van der Waals surface area contributed by atoms with E-state index < -0.39 is 0 Å². The maximum absolute atomic E-state index is 13.0. The minimum atomic E-state index is -0.123. The number of carbonyl (C=O) groups is 2. The molecule has 8 heteroatoms. The minimum Gasteiger partial charge on any atom is -0.355 e. The van der Waals surface area contributed by atoms with Gasteiger partial charge in [0.1, 0.15) is 0 Å². The van der Waals surface area contributed by atoms with E-state index in [0.717, 1.165) is 48.1 Å². The second-order valence-electron chi connectivity index (χ2n) is 8.49. The van der Waals surface area contributed by atoms with Gasteiger partial charge in [0.25, 0.3) is 11.8 Å². The van der Waals surface area contributed by atoms with E-state index in [9.17, 15) is 9.59 Å². The molecule has 1 atom stereocenters. The Kier molecular flexibility index (Phi) is 4.92. The van der Waals surface area contributed by atoms with Gasteiger partial charge in [-0.1, -0.05) is 0 Å². The molecule has 3 aromatic rings. The van der Waals surface area contributed by atoms with Crippen molar-refractivity contribution < 1.29 is 9.59 Å². The van der Waals surface area contributed by atoms with Crippen molar-refractivity contribution in [2.75, 3.05) is 20.1 Å². The summed E-state index contributed by atoms with van der Waals surface area (Å²) in [6.45, 7) is 1.28. The molecule has 1 aliphatic carbocycles. The van der Waals surface area contributed by atoms with Gasteiger partial charge in [-0.25, -0.2) is 4.98 Å². The first kappa shape index (κ1) is 19.7. The summed E-state index contributed by atoms with van der Waals surface area (Å²) in [6.07, 6.45) is 7.31. The first-order valence-electron chi connectivity index (χ1n) is 10.9. The average molecular weight is 419 g/mol. The Balaban J connectivity index is 1.53. The molecule has 1 unspecified atom stereocenters. The van der Waals surface area contributed by atoms with E-state index in [4.69, 9.17) is 10.1 Å². The van der Waals surface area contributed by atoms with Crippen molar-refractivity contribution in [2.45, 2.75) is 37.5 Å². The number of hydrogen-bond donors (Lipinski definition) is 1. The van der Waals surface area contributed by atoms with Gasteiger partial charge in [-0.05, 0) is 43.9 Å². The molecule has 4 heterocycles. The number of amides is 2. The summed E-state index contributed by atoms with van der Waals surface area (Å²) in [6, 6.07) is 5.51. The lowest BCUT2D eigenvalue weighted by atomic mass is 9.91. The quantitative estimate of drug-likeness (QED) is 0.703. The van der Waals surface area contributed by atoms with Gasteiger partial charge in [0, 0.05) is 57.1 Å². The molecular formula is C23H26N6O2. The topological polar surface area (TPSA) is 93.0 Å². The third-order valence-electron chi connectivity index (χ3n) is 6.31. The Hall–Kier alpha value is -3.29. The molecule has 2 aliphatic rings. The van der Waals surface area contributed by atoms with Crippen molar-refractivity contribution in [1.29, 1.82) is 0 Å². The molecule has 0 spiro atoms. The Morgan fingerprint density at radius 1 is 1.19 bits per heavy atom. The number of aryl methyl sites for hydroxylation is 1. The number of fused-ring (bicyclic) bond motifs is 1. The number of nitrogens with one attached hydrogen (secondary N) is 1. The molecule has 0 aromatic carbocycles. The van der Waals surface area contributed by atoms with Crippen LogP contribution in [-0.4, -0.2) is 56.6 Å². The van der Waals surface area contributed by atoms with Crippen molar-refractivity contribution in [2.24, 2.45) is 7.05 Å². The van der Waals surface area contributed by atoms with Gasteiger partial charge in [0.05, 0.1) is 22.2 Å². The summed E-state index contributed by atoms with van der Waals surface area (Å²) < 4.78 is 1.78. The van der Waals surface area contributed by atoms with Gasteiger partial charge < -0.3 is 10.2 Å². The molecule has 1 saturated heterocycles. The van der Waals surface area contributed by atoms with Gasteiger partial charge in [-0.15, -0.1) is 0 Å². The fourth-order valence-corrected chi connectivity index (χ4v) is 4.54. The van der Waals surface area contributed by atoms with E-state index in [1.54, 1.807) is 36.3 Å². The number of piperidine rings is 1. The zero-order chi connectivity index (χ0) is 21.5. The summed E-state index contributed by atoms with van der Waals surface area (Å²) >= 11 is 0. The van der Waals surface area contributed by atoms with E-state index in [1.807, 2.05) is 18.0 Å². The van der Waals surface area contributed by atoms with Gasteiger partial charge in [0.2, 0.25) is 0 Å². The van der Waals surface area contributed by atoms with Gasteiger partial charge in [0.15, 0.2) is 5.65 Å². The van der Waals surface area contributed by atoms with Crippen molar-refractivity contribution in [3.63, 3.8) is 0 Å².